The maximum atomic E-state index is 11.9. The van der Waals surface area contributed by atoms with Crippen molar-refractivity contribution < 1.29 is 14.5 Å². The zero-order valence-electron chi connectivity index (χ0n) is 10.7. The summed E-state index contributed by atoms with van der Waals surface area (Å²) in [7, 11) is 0. The topological polar surface area (TPSA) is 81.5 Å². The Kier molecular flexibility index (Phi) is 3.25. The Labute approximate surface area is 110 Å². The van der Waals surface area contributed by atoms with Crippen molar-refractivity contribution in [1.82, 2.24) is 5.32 Å². The van der Waals surface area contributed by atoms with Crippen LogP contribution in [0.15, 0.2) is 36.2 Å². The van der Waals surface area contributed by atoms with Gasteiger partial charge in [0.25, 0.3) is 5.69 Å². The SMILES string of the molecule is CC1(C)CO/C(=C/C(=O)c2ccc([N+](=O)[O-])cc2)N1. The van der Waals surface area contributed by atoms with Crippen LogP contribution in [0.4, 0.5) is 5.69 Å². The van der Waals surface area contributed by atoms with Gasteiger partial charge in [-0.05, 0) is 26.0 Å². The normalized spacial score (nSPS) is 18.7. The van der Waals surface area contributed by atoms with E-state index in [9.17, 15) is 14.9 Å². The number of nitrogens with one attached hydrogen (secondary N) is 1. The first kappa shape index (κ1) is 13.1. The van der Waals surface area contributed by atoms with Crippen molar-refractivity contribution in [3.8, 4) is 0 Å². The Bertz CT molecular complexity index is 546. The third-order valence-electron chi connectivity index (χ3n) is 2.67. The first-order valence-electron chi connectivity index (χ1n) is 5.79. The second kappa shape index (κ2) is 4.72. The van der Waals surface area contributed by atoms with Crippen LogP contribution in [-0.4, -0.2) is 22.9 Å². The second-order valence-electron chi connectivity index (χ2n) is 4.97. The average Bonchev–Trinajstić information content (AvgIpc) is 2.68. The number of nitro benzene ring substituents is 1. The van der Waals surface area contributed by atoms with Gasteiger partial charge in [-0.15, -0.1) is 0 Å². The third kappa shape index (κ3) is 3.09. The molecule has 19 heavy (non-hydrogen) atoms. The van der Waals surface area contributed by atoms with E-state index in [2.05, 4.69) is 5.32 Å². The van der Waals surface area contributed by atoms with Crippen molar-refractivity contribution in [1.29, 1.82) is 0 Å². The zero-order valence-corrected chi connectivity index (χ0v) is 10.7. The van der Waals surface area contributed by atoms with E-state index in [4.69, 9.17) is 4.74 Å². The molecule has 0 bridgehead atoms. The van der Waals surface area contributed by atoms with E-state index in [1.165, 1.54) is 30.3 Å². The molecule has 0 saturated carbocycles. The van der Waals surface area contributed by atoms with Crippen molar-refractivity contribution in [2.45, 2.75) is 19.4 Å². The summed E-state index contributed by atoms with van der Waals surface area (Å²) < 4.78 is 5.34. The highest BCUT2D eigenvalue weighted by Crippen LogP contribution is 2.18. The number of rotatable bonds is 3. The van der Waals surface area contributed by atoms with Gasteiger partial charge in [-0.1, -0.05) is 0 Å². The summed E-state index contributed by atoms with van der Waals surface area (Å²) in [4.78, 5) is 21.9. The predicted octanol–water partition coefficient (Wildman–Crippen LogP) is 2.02. The molecule has 1 heterocycles. The minimum Gasteiger partial charge on any atom is -0.477 e. The minimum absolute atomic E-state index is 0.0411. The summed E-state index contributed by atoms with van der Waals surface area (Å²) in [5.41, 5.74) is 0.149. The summed E-state index contributed by atoms with van der Waals surface area (Å²) in [6, 6.07) is 5.46. The summed E-state index contributed by atoms with van der Waals surface area (Å²) in [6.45, 7) is 4.42. The van der Waals surface area contributed by atoms with Gasteiger partial charge in [0.1, 0.15) is 6.61 Å². The van der Waals surface area contributed by atoms with E-state index in [1.807, 2.05) is 13.8 Å². The van der Waals surface area contributed by atoms with Gasteiger partial charge in [-0.3, -0.25) is 14.9 Å². The van der Waals surface area contributed by atoms with Crippen LogP contribution in [0.5, 0.6) is 0 Å². The van der Waals surface area contributed by atoms with Crippen LogP contribution in [0.2, 0.25) is 0 Å². The number of nitrogens with zero attached hydrogens (tertiary/aromatic N) is 1. The van der Waals surface area contributed by atoms with Crippen LogP contribution in [0.3, 0.4) is 0 Å². The summed E-state index contributed by atoms with van der Waals surface area (Å²) >= 11 is 0. The minimum atomic E-state index is -0.503. The molecule has 6 nitrogen and oxygen atoms in total. The van der Waals surface area contributed by atoms with E-state index >= 15 is 0 Å². The fraction of sp³-hybridized carbons (Fsp3) is 0.308. The summed E-state index contributed by atoms with van der Waals surface area (Å²) in [5, 5.41) is 13.6. The number of non-ortho nitro benzene ring substituents is 1. The quantitative estimate of drug-likeness (QED) is 0.390. The molecule has 0 unspecified atom stereocenters. The molecule has 1 fully saturated rings. The van der Waals surface area contributed by atoms with Crippen LogP contribution in [-0.2, 0) is 4.74 Å². The monoisotopic (exact) mass is 262 g/mol. The van der Waals surface area contributed by atoms with E-state index in [-0.39, 0.29) is 17.0 Å². The zero-order chi connectivity index (χ0) is 14.0. The molecule has 0 radical (unpaired) electrons. The van der Waals surface area contributed by atoms with Crippen LogP contribution < -0.4 is 5.32 Å². The number of nitro groups is 1. The molecule has 0 amide bonds. The Hall–Kier alpha value is -2.37. The highest BCUT2D eigenvalue weighted by Gasteiger charge is 2.27. The van der Waals surface area contributed by atoms with Crippen molar-refractivity contribution in [3.05, 3.63) is 51.9 Å². The third-order valence-corrected chi connectivity index (χ3v) is 2.67. The Balaban J connectivity index is 2.12. The lowest BCUT2D eigenvalue weighted by atomic mass is 10.1. The molecule has 1 aromatic rings. The van der Waals surface area contributed by atoms with E-state index in [0.29, 0.717) is 18.1 Å². The summed E-state index contributed by atoms with van der Waals surface area (Å²) in [5.74, 6) is 0.170. The van der Waals surface area contributed by atoms with Crippen molar-refractivity contribution in [3.63, 3.8) is 0 Å². The van der Waals surface area contributed by atoms with Crippen LogP contribution in [0, 0.1) is 10.1 Å². The highest BCUT2D eigenvalue weighted by molar-refractivity contribution is 6.04. The molecule has 100 valence electrons. The van der Waals surface area contributed by atoms with Crippen LogP contribution >= 0.6 is 0 Å². The maximum absolute atomic E-state index is 11.9. The number of ketones is 1. The molecule has 1 aliphatic rings. The van der Waals surface area contributed by atoms with Crippen molar-refractivity contribution in [2.75, 3.05) is 6.61 Å². The van der Waals surface area contributed by atoms with Crippen molar-refractivity contribution >= 4 is 11.5 Å². The largest absolute Gasteiger partial charge is 0.477 e. The molecule has 0 aromatic heterocycles. The number of carbonyl (C=O) groups excluding carboxylic acids is 1. The van der Waals surface area contributed by atoms with Gasteiger partial charge < -0.3 is 10.1 Å². The van der Waals surface area contributed by atoms with Gasteiger partial charge in [0, 0.05) is 23.8 Å². The van der Waals surface area contributed by atoms with Gasteiger partial charge in [-0.2, -0.15) is 0 Å². The van der Waals surface area contributed by atoms with Gasteiger partial charge >= 0.3 is 0 Å². The molecule has 1 aliphatic heterocycles. The maximum Gasteiger partial charge on any atom is 0.269 e. The Morgan fingerprint density at radius 1 is 1.42 bits per heavy atom. The lowest BCUT2D eigenvalue weighted by molar-refractivity contribution is -0.384. The number of hydrogen-bond donors (Lipinski definition) is 1. The molecule has 0 atom stereocenters. The molecule has 6 heteroatoms. The van der Waals surface area contributed by atoms with Crippen molar-refractivity contribution in [2.24, 2.45) is 0 Å². The van der Waals surface area contributed by atoms with E-state index in [1.54, 1.807) is 0 Å². The van der Waals surface area contributed by atoms with Gasteiger partial charge in [0.05, 0.1) is 10.5 Å². The van der Waals surface area contributed by atoms with Gasteiger partial charge in [-0.25, -0.2) is 0 Å². The van der Waals surface area contributed by atoms with Gasteiger partial charge in [0.15, 0.2) is 11.7 Å². The molecule has 0 aliphatic carbocycles. The Morgan fingerprint density at radius 2 is 2.05 bits per heavy atom. The standard InChI is InChI=1S/C13H14N2O4/c1-13(2)8-19-12(14-13)7-11(16)9-3-5-10(6-4-9)15(17)18/h3-7,14H,8H2,1-2H3/b12-7+. The summed E-state index contributed by atoms with van der Waals surface area (Å²) in [6.07, 6.45) is 1.36. The molecular weight excluding hydrogens is 248 g/mol. The number of ether oxygens (including phenoxy) is 1. The smallest absolute Gasteiger partial charge is 0.269 e. The van der Waals surface area contributed by atoms with E-state index in [0.717, 1.165) is 0 Å². The number of carbonyl (C=O) groups is 1. The fourth-order valence-electron chi connectivity index (χ4n) is 1.69. The number of benzene rings is 1. The molecule has 2 rings (SSSR count). The molecule has 0 spiro atoms. The molecule has 1 N–H and O–H groups in total. The van der Waals surface area contributed by atoms with Gasteiger partial charge in [0.2, 0.25) is 0 Å². The first-order chi connectivity index (χ1) is 8.87. The average molecular weight is 262 g/mol. The molecule has 1 saturated heterocycles. The van der Waals surface area contributed by atoms with Crippen LogP contribution in [0.1, 0.15) is 24.2 Å². The first-order valence-corrected chi connectivity index (χ1v) is 5.79. The van der Waals surface area contributed by atoms with E-state index < -0.39 is 4.92 Å². The number of allylic oxidation sites excluding steroid dienone is 1. The molecule has 1 aromatic carbocycles. The lowest BCUT2D eigenvalue weighted by Gasteiger charge is -2.13. The lowest BCUT2D eigenvalue weighted by Crippen LogP contribution is -2.34. The predicted molar refractivity (Wildman–Crippen MR) is 68.7 cm³/mol. The molecular formula is C13H14N2O4. The fourth-order valence-corrected chi connectivity index (χ4v) is 1.69. The highest BCUT2D eigenvalue weighted by atomic mass is 16.6. The van der Waals surface area contributed by atoms with Crippen LogP contribution in [0.25, 0.3) is 0 Å². The Morgan fingerprint density at radius 3 is 2.53 bits per heavy atom. The second-order valence-corrected chi connectivity index (χ2v) is 4.97. The number of hydrogen-bond acceptors (Lipinski definition) is 5.